The van der Waals surface area contributed by atoms with E-state index < -0.39 is 0 Å². The van der Waals surface area contributed by atoms with E-state index in [1.54, 1.807) is 41.2 Å². The van der Waals surface area contributed by atoms with Crippen LogP contribution >= 0.6 is 11.3 Å². The lowest BCUT2D eigenvalue weighted by atomic mass is 9.91. The van der Waals surface area contributed by atoms with Gasteiger partial charge in [0.05, 0.1) is 28.0 Å². The molecule has 0 spiro atoms. The van der Waals surface area contributed by atoms with E-state index >= 15 is 0 Å². The van der Waals surface area contributed by atoms with Crippen molar-refractivity contribution in [2.24, 2.45) is 4.99 Å². The van der Waals surface area contributed by atoms with Crippen molar-refractivity contribution in [2.45, 2.75) is 38.1 Å². The Morgan fingerprint density at radius 1 is 1.45 bits per heavy atom. The summed E-state index contributed by atoms with van der Waals surface area (Å²) in [7, 11) is 1.70. The van der Waals surface area contributed by atoms with Crippen LogP contribution in [0.2, 0.25) is 0 Å². The quantitative estimate of drug-likeness (QED) is 0.286. The molecule has 8 heteroatoms. The monoisotopic (exact) mass is 462 g/mol. The first-order chi connectivity index (χ1) is 16.1. The fourth-order valence-electron chi connectivity index (χ4n) is 4.39. The number of allylic oxidation sites excluding steroid dienone is 1. The van der Waals surface area contributed by atoms with Crippen LogP contribution in [0.3, 0.4) is 0 Å². The van der Waals surface area contributed by atoms with Crippen LogP contribution in [0.25, 0.3) is 16.2 Å². The fourth-order valence-corrected chi connectivity index (χ4v) is 5.09. The van der Waals surface area contributed by atoms with E-state index in [0.29, 0.717) is 23.5 Å². The Morgan fingerprint density at radius 2 is 2.33 bits per heavy atom. The zero-order valence-electron chi connectivity index (χ0n) is 19.2. The molecule has 7 nitrogen and oxygen atoms in total. The largest absolute Gasteiger partial charge is 0.350 e. The summed E-state index contributed by atoms with van der Waals surface area (Å²) in [6.45, 7) is 7.64. The van der Waals surface area contributed by atoms with Crippen LogP contribution in [0.15, 0.2) is 65.3 Å². The normalized spacial score (nSPS) is 19.2. The van der Waals surface area contributed by atoms with Crippen molar-refractivity contribution >= 4 is 28.6 Å². The molecule has 0 aromatic carbocycles. The van der Waals surface area contributed by atoms with Gasteiger partial charge >= 0.3 is 0 Å². The maximum absolute atomic E-state index is 13.0. The van der Waals surface area contributed by atoms with Crippen LogP contribution in [-0.4, -0.2) is 51.9 Å². The molecule has 1 aliphatic heterocycles. The zero-order chi connectivity index (χ0) is 23.3. The Balaban J connectivity index is 1.58. The number of rotatable bonds is 9. The molecule has 0 radical (unpaired) electrons. The second-order valence-electron chi connectivity index (χ2n) is 8.27. The number of amides is 1. The van der Waals surface area contributed by atoms with Gasteiger partial charge in [-0.15, -0.1) is 11.3 Å². The lowest BCUT2D eigenvalue weighted by Crippen LogP contribution is -2.49. The van der Waals surface area contributed by atoms with Crippen LogP contribution in [0.4, 0.5) is 0 Å². The summed E-state index contributed by atoms with van der Waals surface area (Å²) in [4.78, 5) is 23.3. The van der Waals surface area contributed by atoms with Crippen molar-refractivity contribution in [1.29, 1.82) is 0 Å². The van der Waals surface area contributed by atoms with Crippen LogP contribution in [0, 0.1) is 0 Å². The summed E-state index contributed by atoms with van der Waals surface area (Å²) < 4.78 is 1.72. The average molecular weight is 463 g/mol. The van der Waals surface area contributed by atoms with Crippen LogP contribution in [0.5, 0.6) is 0 Å². The number of carbonyl (C=O) groups is 1. The molecular formula is C25H30N6OS. The van der Waals surface area contributed by atoms with Gasteiger partial charge in [0.25, 0.3) is 5.91 Å². The average Bonchev–Trinajstić information content (AvgIpc) is 3.60. The summed E-state index contributed by atoms with van der Waals surface area (Å²) in [5.74, 6) is -0.154. The number of aromatic nitrogens is 3. The second-order valence-corrected chi connectivity index (χ2v) is 9.22. The molecule has 172 valence electrons. The molecule has 33 heavy (non-hydrogen) atoms. The molecule has 3 aromatic rings. The van der Waals surface area contributed by atoms with Crippen molar-refractivity contribution in [3.63, 3.8) is 0 Å². The van der Waals surface area contributed by atoms with E-state index in [1.165, 1.54) is 0 Å². The smallest absolute Gasteiger partial charge is 0.251 e. The number of carbonyl (C=O) groups excluding carboxylic acids is 1. The predicted molar refractivity (Wildman–Crippen MR) is 135 cm³/mol. The number of hydrogen-bond acceptors (Lipinski definition) is 6. The Hall–Kier alpha value is -3.10. The number of aliphatic imine (C=N–C) groups is 1. The fraction of sp³-hybridized carbons (Fsp3) is 0.360. The third-order valence-corrected chi connectivity index (χ3v) is 6.97. The van der Waals surface area contributed by atoms with Gasteiger partial charge in [-0.1, -0.05) is 32.1 Å². The number of thiophene rings is 1. The molecular weight excluding hydrogens is 432 g/mol. The highest BCUT2D eigenvalue weighted by atomic mass is 32.1. The highest BCUT2D eigenvalue weighted by Crippen LogP contribution is 2.25. The minimum absolute atomic E-state index is 0.0110. The zero-order valence-corrected chi connectivity index (χ0v) is 20.0. The number of nitrogens with zero attached hydrogens (tertiary/aromatic N) is 4. The molecule has 0 bridgehead atoms. The van der Waals surface area contributed by atoms with Gasteiger partial charge < -0.3 is 10.6 Å². The first-order valence-electron chi connectivity index (χ1n) is 11.3. The molecule has 1 amide bonds. The standard InChI is InChI=1S/C25H30N6OS/c1-4-10-25(11-7-12-28-25)17-27-24(32)18(5-2)15-21(26-3)19-16-29-31-13-9-20(30-23(19)31)22-8-6-14-33-22/h5-6,8-9,13-16,28H,2,4,7,10-12,17H2,1,3H3,(H,27,32)/b18-15+,26-21+/t25-/m0/s1. The van der Waals surface area contributed by atoms with Crippen LogP contribution < -0.4 is 10.6 Å². The van der Waals surface area contributed by atoms with E-state index in [9.17, 15) is 4.79 Å². The van der Waals surface area contributed by atoms with Crippen molar-refractivity contribution in [1.82, 2.24) is 25.2 Å². The van der Waals surface area contributed by atoms with Gasteiger partial charge in [-0.2, -0.15) is 5.10 Å². The number of nitrogens with one attached hydrogen (secondary N) is 2. The van der Waals surface area contributed by atoms with Crippen molar-refractivity contribution < 1.29 is 4.79 Å². The van der Waals surface area contributed by atoms with Gasteiger partial charge in [-0.25, -0.2) is 9.50 Å². The molecule has 4 rings (SSSR count). The van der Waals surface area contributed by atoms with Gasteiger partial charge in [0, 0.05) is 30.9 Å². The highest BCUT2D eigenvalue weighted by molar-refractivity contribution is 7.13. The second kappa shape index (κ2) is 10.2. The predicted octanol–water partition coefficient (Wildman–Crippen LogP) is 4.03. The summed E-state index contributed by atoms with van der Waals surface area (Å²) in [6.07, 6.45) is 11.3. The Morgan fingerprint density at radius 3 is 3.00 bits per heavy atom. The molecule has 0 unspecified atom stereocenters. The van der Waals surface area contributed by atoms with E-state index in [0.717, 1.165) is 48.4 Å². The molecule has 1 atom stereocenters. The SMILES string of the molecule is C=C/C(=C\C(=N/C)c1cnn2ccc(-c3cccs3)nc12)C(=O)NC[C@]1(CCC)CCCN1. The third-order valence-electron chi connectivity index (χ3n) is 6.08. The summed E-state index contributed by atoms with van der Waals surface area (Å²) >= 11 is 1.64. The van der Waals surface area contributed by atoms with Gasteiger partial charge in [0.1, 0.15) is 0 Å². The van der Waals surface area contributed by atoms with Crippen molar-refractivity contribution in [2.75, 3.05) is 20.1 Å². The lowest BCUT2D eigenvalue weighted by Gasteiger charge is -2.29. The van der Waals surface area contributed by atoms with E-state index in [-0.39, 0.29) is 11.4 Å². The molecule has 0 saturated carbocycles. The molecule has 1 saturated heterocycles. The molecule has 0 aliphatic carbocycles. The van der Waals surface area contributed by atoms with Crippen LogP contribution in [0.1, 0.15) is 38.2 Å². The van der Waals surface area contributed by atoms with Crippen molar-refractivity contribution in [3.05, 3.63) is 65.8 Å². The highest BCUT2D eigenvalue weighted by Gasteiger charge is 2.32. The Bertz CT molecular complexity index is 1180. The van der Waals surface area contributed by atoms with E-state index in [4.69, 9.17) is 4.98 Å². The molecule has 1 aliphatic rings. The first kappa shape index (κ1) is 23.1. The summed E-state index contributed by atoms with van der Waals surface area (Å²) in [5, 5.41) is 13.1. The Kier molecular flexibility index (Phi) is 7.15. The summed E-state index contributed by atoms with van der Waals surface area (Å²) in [5.41, 5.74) is 3.43. The maximum Gasteiger partial charge on any atom is 0.251 e. The van der Waals surface area contributed by atoms with E-state index in [1.807, 2.05) is 29.8 Å². The van der Waals surface area contributed by atoms with Crippen molar-refractivity contribution in [3.8, 4) is 10.6 Å². The van der Waals surface area contributed by atoms with Crippen LogP contribution in [-0.2, 0) is 4.79 Å². The lowest BCUT2D eigenvalue weighted by molar-refractivity contribution is -0.117. The number of hydrogen-bond donors (Lipinski definition) is 2. The van der Waals surface area contributed by atoms with Gasteiger partial charge in [-0.05, 0) is 49.4 Å². The minimum atomic E-state index is -0.154. The van der Waals surface area contributed by atoms with Gasteiger partial charge in [0.2, 0.25) is 0 Å². The van der Waals surface area contributed by atoms with Gasteiger partial charge in [-0.3, -0.25) is 9.79 Å². The maximum atomic E-state index is 13.0. The topological polar surface area (TPSA) is 83.7 Å². The Labute approximate surface area is 198 Å². The first-order valence-corrected chi connectivity index (χ1v) is 12.2. The molecule has 2 N–H and O–H groups in total. The minimum Gasteiger partial charge on any atom is -0.350 e. The molecule has 4 heterocycles. The molecule has 3 aromatic heterocycles. The summed E-state index contributed by atoms with van der Waals surface area (Å²) in [6, 6.07) is 5.99. The van der Waals surface area contributed by atoms with Gasteiger partial charge in [0.15, 0.2) is 5.65 Å². The van der Waals surface area contributed by atoms with E-state index in [2.05, 4.69) is 34.2 Å². The number of fused-ring (bicyclic) bond motifs is 1. The third kappa shape index (κ3) is 4.96. The molecule has 1 fully saturated rings.